The molecule has 0 aliphatic carbocycles. The zero-order chi connectivity index (χ0) is 15.9. The van der Waals surface area contributed by atoms with Crippen LogP contribution in [-0.4, -0.2) is 20.2 Å². The highest BCUT2D eigenvalue weighted by molar-refractivity contribution is 5.54. The molecule has 0 aromatic heterocycles. The highest BCUT2D eigenvalue weighted by Crippen LogP contribution is 2.14. The summed E-state index contributed by atoms with van der Waals surface area (Å²) < 4.78 is 5.19. The van der Waals surface area contributed by atoms with Gasteiger partial charge in [0.15, 0.2) is 0 Å². The van der Waals surface area contributed by atoms with Gasteiger partial charge < -0.3 is 9.64 Å². The van der Waals surface area contributed by atoms with Crippen molar-refractivity contribution in [2.75, 3.05) is 20.2 Å². The predicted molar refractivity (Wildman–Crippen MR) is 95.6 cm³/mol. The number of allylic oxidation sites excluding steroid dienone is 1. The average molecular weight is 306 g/mol. The maximum Gasteiger partial charge on any atom is 0.118 e. The Balaban J connectivity index is 1.55. The highest BCUT2D eigenvalue weighted by Gasteiger charge is 2.13. The summed E-state index contributed by atoms with van der Waals surface area (Å²) in [5.74, 6) is 0.902. The smallest absolute Gasteiger partial charge is 0.118 e. The van der Waals surface area contributed by atoms with E-state index in [0.29, 0.717) is 0 Å². The Morgan fingerprint density at radius 1 is 1.00 bits per heavy atom. The summed E-state index contributed by atoms with van der Waals surface area (Å²) in [5.41, 5.74) is 4.08. The summed E-state index contributed by atoms with van der Waals surface area (Å²) in [6.07, 6.45) is 7.96. The summed E-state index contributed by atoms with van der Waals surface area (Å²) in [6, 6.07) is 18.9. The van der Waals surface area contributed by atoms with Gasteiger partial charge >= 0.3 is 0 Å². The van der Waals surface area contributed by atoms with Crippen LogP contribution < -0.4 is 9.64 Å². The van der Waals surface area contributed by atoms with Crippen LogP contribution in [0.15, 0.2) is 72.3 Å². The largest absolute Gasteiger partial charge is 0.497 e. The summed E-state index contributed by atoms with van der Waals surface area (Å²) in [4.78, 5) is 1.64. The molecule has 0 saturated heterocycles. The SMILES string of the molecule is COc1ccc(/C=C/C2=CC[NH+](Cc3ccccc3)CC2)cc1. The lowest BCUT2D eigenvalue weighted by Crippen LogP contribution is -3.11. The third-order valence-electron chi connectivity index (χ3n) is 4.32. The topological polar surface area (TPSA) is 13.7 Å². The van der Waals surface area contributed by atoms with Crippen LogP contribution >= 0.6 is 0 Å². The molecule has 0 bridgehead atoms. The van der Waals surface area contributed by atoms with Gasteiger partial charge in [0, 0.05) is 12.0 Å². The number of benzene rings is 2. The zero-order valence-electron chi connectivity index (χ0n) is 13.7. The molecule has 0 amide bonds. The molecule has 1 aliphatic heterocycles. The first-order valence-electron chi connectivity index (χ1n) is 8.22. The first kappa shape index (κ1) is 15.6. The van der Waals surface area contributed by atoms with E-state index in [-0.39, 0.29) is 0 Å². The first-order valence-corrected chi connectivity index (χ1v) is 8.22. The minimum absolute atomic E-state index is 0.902. The molecule has 1 heterocycles. The van der Waals surface area contributed by atoms with Gasteiger partial charge in [-0.3, -0.25) is 0 Å². The normalized spacial score (nSPS) is 18.0. The monoisotopic (exact) mass is 306 g/mol. The van der Waals surface area contributed by atoms with Gasteiger partial charge in [-0.25, -0.2) is 0 Å². The third kappa shape index (κ3) is 4.57. The Morgan fingerprint density at radius 2 is 1.78 bits per heavy atom. The fourth-order valence-corrected chi connectivity index (χ4v) is 2.92. The summed E-state index contributed by atoms with van der Waals surface area (Å²) in [7, 11) is 1.70. The fraction of sp³-hybridized carbons (Fsp3) is 0.238. The van der Waals surface area contributed by atoms with Gasteiger partial charge in [-0.2, -0.15) is 0 Å². The van der Waals surface area contributed by atoms with Crippen LogP contribution in [0.5, 0.6) is 5.75 Å². The molecule has 2 heteroatoms. The van der Waals surface area contributed by atoms with Crippen molar-refractivity contribution >= 4 is 6.08 Å². The quantitative estimate of drug-likeness (QED) is 0.896. The molecule has 1 N–H and O–H groups in total. The maximum atomic E-state index is 5.19. The van der Waals surface area contributed by atoms with Crippen LogP contribution in [-0.2, 0) is 6.54 Å². The lowest BCUT2D eigenvalue weighted by Gasteiger charge is -2.22. The highest BCUT2D eigenvalue weighted by atomic mass is 16.5. The number of nitrogens with one attached hydrogen (secondary N) is 1. The number of ether oxygens (including phenoxy) is 1. The lowest BCUT2D eigenvalue weighted by atomic mass is 10.1. The molecular weight excluding hydrogens is 282 g/mol. The molecule has 2 aromatic carbocycles. The van der Waals surface area contributed by atoms with Crippen LogP contribution in [0.2, 0.25) is 0 Å². The standard InChI is InChI=1S/C21H23NO/c1-23-21-11-9-18(10-12-21)7-8-19-13-15-22(16-14-19)17-20-5-3-2-4-6-20/h2-13H,14-17H2,1H3/p+1/b8-7+. The zero-order valence-corrected chi connectivity index (χ0v) is 13.7. The molecule has 0 radical (unpaired) electrons. The van der Waals surface area contributed by atoms with E-state index in [4.69, 9.17) is 4.74 Å². The van der Waals surface area contributed by atoms with E-state index < -0.39 is 0 Å². The Bertz CT molecular complexity index is 671. The first-order chi connectivity index (χ1) is 11.3. The molecule has 1 unspecified atom stereocenters. The van der Waals surface area contributed by atoms with Gasteiger partial charge in [0.1, 0.15) is 12.3 Å². The molecular formula is C21H24NO+. The van der Waals surface area contributed by atoms with Gasteiger partial charge in [-0.1, -0.05) is 54.6 Å². The predicted octanol–water partition coefficient (Wildman–Crippen LogP) is 3.12. The van der Waals surface area contributed by atoms with Crippen molar-refractivity contribution in [3.8, 4) is 5.75 Å². The van der Waals surface area contributed by atoms with Crippen LogP contribution in [0.4, 0.5) is 0 Å². The van der Waals surface area contributed by atoms with Crippen LogP contribution in [0.25, 0.3) is 6.08 Å². The van der Waals surface area contributed by atoms with Crippen molar-refractivity contribution < 1.29 is 9.64 Å². The van der Waals surface area contributed by atoms with Crippen molar-refractivity contribution in [1.29, 1.82) is 0 Å². The fourth-order valence-electron chi connectivity index (χ4n) is 2.92. The molecule has 23 heavy (non-hydrogen) atoms. The van der Waals surface area contributed by atoms with Gasteiger partial charge in [-0.05, 0) is 29.3 Å². The number of hydrogen-bond acceptors (Lipinski definition) is 1. The molecule has 2 nitrogen and oxygen atoms in total. The maximum absolute atomic E-state index is 5.19. The minimum Gasteiger partial charge on any atom is -0.497 e. The van der Waals surface area contributed by atoms with Crippen molar-refractivity contribution in [3.63, 3.8) is 0 Å². The van der Waals surface area contributed by atoms with Crippen molar-refractivity contribution in [3.05, 3.63) is 83.4 Å². The van der Waals surface area contributed by atoms with E-state index in [1.165, 1.54) is 23.2 Å². The number of rotatable bonds is 5. The van der Waals surface area contributed by atoms with Crippen molar-refractivity contribution in [1.82, 2.24) is 0 Å². The van der Waals surface area contributed by atoms with E-state index in [1.807, 2.05) is 12.1 Å². The Kier molecular flexibility index (Phi) is 5.28. The second kappa shape index (κ2) is 7.80. The molecule has 0 fully saturated rings. The van der Waals surface area contributed by atoms with E-state index in [1.54, 1.807) is 12.0 Å². The van der Waals surface area contributed by atoms with Gasteiger partial charge in [0.05, 0.1) is 20.2 Å². The number of hydrogen-bond donors (Lipinski definition) is 1. The van der Waals surface area contributed by atoms with Crippen molar-refractivity contribution in [2.45, 2.75) is 13.0 Å². The Morgan fingerprint density at radius 3 is 2.43 bits per heavy atom. The molecule has 2 aromatic rings. The van der Waals surface area contributed by atoms with E-state index in [0.717, 1.165) is 25.3 Å². The van der Waals surface area contributed by atoms with Gasteiger partial charge in [-0.15, -0.1) is 0 Å². The molecule has 3 rings (SSSR count). The number of methoxy groups -OCH3 is 1. The molecule has 0 spiro atoms. The number of quaternary nitrogens is 1. The summed E-state index contributed by atoms with van der Waals surface area (Å²) in [6.45, 7) is 3.43. The lowest BCUT2D eigenvalue weighted by molar-refractivity contribution is -0.909. The second-order valence-corrected chi connectivity index (χ2v) is 6.00. The second-order valence-electron chi connectivity index (χ2n) is 6.00. The Hall–Kier alpha value is -2.32. The molecule has 1 aliphatic rings. The van der Waals surface area contributed by atoms with E-state index >= 15 is 0 Å². The average Bonchev–Trinajstić information content (AvgIpc) is 2.62. The minimum atomic E-state index is 0.902. The Labute approximate surface area is 138 Å². The van der Waals surface area contributed by atoms with Crippen LogP contribution in [0.3, 0.4) is 0 Å². The molecule has 118 valence electrons. The van der Waals surface area contributed by atoms with Crippen molar-refractivity contribution in [2.24, 2.45) is 0 Å². The van der Waals surface area contributed by atoms with Crippen LogP contribution in [0.1, 0.15) is 17.5 Å². The molecule has 1 atom stereocenters. The van der Waals surface area contributed by atoms with Crippen LogP contribution in [0, 0.1) is 0 Å². The van der Waals surface area contributed by atoms with E-state index in [9.17, 15) is 0 Å². The summed E-state index contributed by atoms with van der Waals surface area (Å²) in [5, 5.41) is 0. The third-order valence-corrected chi connectivity index (χ3v) is 4.32. The van der Waals surface area contributed by atoms with Gasteiger partial charge in [0.2, 0.25) is 0 Å². The van der Waals surface area contributed by atoms with Gasteiger partial charge in [0.25, 0.3) is 0 Å². The summed E-state index contributed by atoms with van der Waals surface area (Å²) >= 11 is 0. The van der Waals surface area contributed by atoms with E-state index in [2.05, 4.69) is 60.7 Å². The molecule has 0 saturated carbocycles.